The zero-order valence-electron chi connectivity index (χ0n) is 7.55. The molecule has 3 nitrogen and oxygen atoms in total. The second kappa shape index (κ2) is 4.41. The number of alkyl halides is 2. The Labute approximate surface area is 84.6 Å². The van der Waals surface area contributed by atoms with E-state index in [1.54, 1.807) is 0 Å². The predicted octanol–water partition coefficient (Wildman–Crippen LogP) is 2.69. The van der Waals surface area contributed by atoms with Crippen LogP contribution in [0.2, 0.25) is 5.15 Å². The molecule has 14 heavy (non-hydrogen) atoms. The van der Waals surface area contributed by atoms with Crippen LogP contribution in [0.15, 0.2) is 6.07 Å². The summed E-state index contributed by atoms with van der Waals surface area (Å²) in [7, 11) is 2.69. The van der Waals surface area contributed by atoms with Crippen LogP contribution < -0.4 is 9.47 Å². The van der Waals surface area contributed by atoms with Gasteiger partial charge in [0.25, 0.3) is 6.43 Å². The number of hydrogen-bond donors (Lipinski definition) is 0. The number of rotatable bonds is 3. The van der Waals surface area contributed by atoms with Crippen LogP contribution in [0.25, 0.3) is 0 Å². The summed E-state index contributed by atoms with van der Waals surface area (Å²) in [6.07, 6.45) is -2.69. The first kappa shape index (κ1) is 11.0. The minimum atomic E-state index is -2.69. The molecule has 0 aromatic carbocycles. The maximum atomic E-state index is 12.3. The second-order valence-electron chi connectivity index (χ2n) is 2.37. The SMILES string of the molecule is COc1cc(C(F)F)nc(Cl)c1OC. The van der Waals surface area contributed by atoms with Gasteiger partial charge in [-0.25, -0.2) is 13.8 Å². The van der Waals surface area contributed by atoms with Gasteiger partial charge in [0.05, 0.1) is 14.2 Å². The molecular weight excluding hydrogens is 216 g/mol. The van der Waals surface area contributed by atoms with Gasteiger partial charge >= 0.3 is 0 Å². The fraction of sp³-hybridized carbons (Fsp3) is 0.375. The van der Waals surface area contributed by atoms with Gasteiger partial charge in [-0.15, -0.1) is 0 Å². The third-order valence-corrected chi connectivity index (χ3v) is 1.82. The topological polar surface area (TPSA) is 31.4 Å². The molecule has 0 saturated carbocycles. The smallest absolute Gasteiger partial charge is 0.280 e. The maximum Gasteiger partial charge on any atom is 0.280 e. The zero-order chi connectivity index (χ0) is 10.7. The van der Waals surface area contributed by atoms with Crippen LogP contribution in [0.5, 0.6) is 11.5 Å². The van der Waals surface area contributed by atoms with Crippen molar-refractivity contribution in [3.63, 3.8) is 0 Å². The van der Waals surface area contributed by atoms with Gasteiger partial charge in [0.2, 0.25) is 0 Å². The Morgan fingerprint density at radius 2 is 2.00 bits per heavy atom. The van der Waals surface area contributed by atoms with E-state index < -0.39 is 12.1 Å². The molecule has 0 N–H and O–H groups in total. The number of halogens is 3. The molecule has 6 heteroatoms. The van der Waals surface area contributed by atoms with Crippen molar-refractivity contribution in [2.75, 3.05) is 14.2 Å². The van der Waals surface area contributed by atoms with E-state index in [0.717, 1.165) is 6.07 Å². The Morgan fingerprint density at radius 1 is 1.36 bits per heavy atom. The zero-order valence-corrected chi connectivity index (χ0v) is 8.31. The maximum absolute atomic E-state index is 12.3. The van der Waals surface area contributed by atoms with E-state index in [-0.39, 0.29) is 16.7 Å². The van der Waals surface area contributed by atoms with E-state index in [0.29, 0.717) is 0 Å². The van der Waals surface area contributed by atoms with Crippen molar-refractivity contribution in [3.8, 4) is 11.5 Å². The lowest BCUT2D eigenvalue weighted by Crippen LogP contribution is -1.97. The lowest BCUT2D eigenvalue weighted by atomic mass is 10.3. The van der Waals surface area contributed by atoms with E-state index in [1.165, 1.54) is 14.2 Å². The molecule has 1 rings (SSSR count). The summed E-state index contributed by atoms with van der Waals surface area (Å²) >= 11 is 5.61. The van der Waals surface area contributed by atoms with E-state index in [9.17, 15) is 8.78 Å². The minimum absolute atomic E-state index is 0.137. The molecular formula is C8H8ClF2NO2. The number of nitrogens with zero attached hydrogens (tertiary/aromatic N) is 1. The molecule has 1 aromatic heterocycles. The fourth-order valence-electron chi connectivity index (χ4n) is 0.946. The van der Waals surface area contributed by atoms with Gasteiger partial charge in [0.1, 0.15) is 5.69 Å². The molecule has 0 aliphatic carbocycles. The van der Waals surface area contributed by atoms with E-state index >= 15 is 0 Å². The number of aromatic nitrogens is 1. The van der Waals surface area contributed by atoms with E-state index in [1.807, 2.05) is 0 Å². The van der Waals surface area contributed by atoms with Crippen molar-refractivity contribution < 1.29 is 18.3 Å². The molecule has 0 aliphatic rings. The third kappa shape index (κ3) is 2.04. The summed E-state index contributed by atoms with van der Waals surface area (Å²) in [5.41, 5.74) is -0.437. The van der Waals surface area contributed by atoms with Crippen molar-refractivity contribution in [1.82, 2.24) is 4.98 Å². The lowest BCUT2D eigenvalue weighted by molar-refractivity contribution is 0.145. The van der Waals surface area contributed by atoms with Gasteiger partial charge in [0.15, 0.2) is 16.7 Å². The molecule has 1 aromatic rings. The summed E-state index contributed by atoms with van der Waals surface area (Å²) in [5.74, 6) is 0.293. The highest BCUT2D eigenvalue weighted by atomic mass is 35.5. The normalized spacial score (nSPS) is 10.4. The first-order chi connectivity index (χ1) is 6.60. The van der Waals surface area contributed by atoms with Crippen LogP contribution >= 0.6 is 11.6 Å². The van der Waals surface area contributed by atoms with Gasteiger partial charge in [-0.1, -0.05) is 11.6 Å². The van der Waals surface area contributed by atoms with E-state index in [2.05, 4.69) is 4.98 Å². The standard InChI is InChI=1S/C8H8ClF2NO2/c1-13-5-3-4(8(10)11)12-7(9)6(5)14-2/h3,8H,1-2H3. The van der Waals surface area contributed by atoms with Crippen LogP contribution in [-0.4, -0.2) is 19.2 Å². The highest BCUT2D eigenvalue weighted by Crippen LogP contribution is 2.35. The van der Waals surface area contributed by atoms with Gasteiger partial charge in [-0.3, -0.25) is 0 Å². The molecule has 0 amide bonds. The number of methoxy groups -OCH3 is 2. The molecule has 78 valence electrons. The van der Waals surface area contributed by atoms with Crippen LogP contribution in [0.4, 0.5) is 8.78 Å². The lowest BCUT2D eigenvalue weighted by Gasteiger charge is -2.10. The Morgan fingerprint density at radius 3 is 2.43 bits per heavy atom. The monoisotopic (exact) mass is 223 g/mol. The van der Waals surface area contributed by atoms with Crippen LogP contribution in [0.1, 0.15) is 12.1 Å². The predicted molar refractivity (Wildman–Crippen MR) is 47.3 cm³/mol. The molecule has 0 unspecified atom stereocenters. The first-order valence-electron chi connectivity index (χ1n) is 3.66. The molecule has 1 heterocycles. The highest BCUT2D eigenvalue weighted by molar-refractivity contribution is 6.31. The Hall–Kier alpha value is -1.10. The van der Waals surface area contributed by atoms with Gasteiger partial charge in [-0.2, -0.15) is 0 Å². The van der Waals surface area contributed by atoms with Crippen molar-refractivity contribution in [2.45, 2.75) is 6.43 Å². The fourth-order valence-corrected chi connectivity index (χ4v) is 1.21. The molecule has 0 radical (unpaired) electrons. The summed E-state index contributed by atoms with van der Waals surface area (Å²) in [6.45, 7) is 0. The third-order valence-electron chi connectivity index (χ3n) is 1.57. The quantitative estimate of drug-likeness (QED) is 0.739. The van der Waals surface area contributed by atoms with Crippen LogP contribution in [-0.2, 0) is 0 Å². The van der Waals surface area contributed by atoms with Gasteiger partial charge in [-0.05, 0) is 0 Å². The highest BCUT2D eigenvalue weighted by Gasteiger charge is 2.17. The summed E-state index contributed by atoms with van der Waals surface area (Å²) in [6, 6.07) is 1.09. The molecule has 0 fully saturated rings. The molecule has 0 spiro atoms. The van der Waals surface area contributed by atoms with Crippen molar-refractivity contribution in [3.05, 3.63) is 16.9 Å². The van der Waals surface area contributed by atoms with Gasteiger partial charge in [0, 0.05) is 6.07 Å². The Bertz CT molecular complexity index is 333. The summed E-state index contributed by atoms with van der Waals surface area (Å²) < 4.78 is 34.2. The average molecular weight is 224 g/mol. The van der Waals surface area contributed by atoms with Crippen LogP contribution in [0, 0.1) is 0 Å². The summed E-state index contributed by atoms with van der Waals surface area (Å²) in [4.78, 5) is 3.46. The van der Waals surface area contributed by atoms with Crippen molar-refractivity contribution in [2.24, 2.45) is 0 Å². The number of ether oxygens (including phenoxy) is 2. The van der Waals surface area contributed by atoms with E-state index in [4.69, 9.17) is 21.1 Å². The molecule has 0 saturated heterocycles. The minimum Gasteiger partial charge on any atom is -0.493 e. The largest absolute Gasteiger partial charge is 0.493 e. The van der Waals surface area contributed by atoms with Gasteiger partial charge < -0.3 is 9.47 Å². The summed E-state index contributed by atoms with van der Waals surface area (Å²) in [5, 5.41) is -0.137. The molecule has 0 aliphatic heterocycles. The number of hydrogen-bond acceptors (Lipinski definition) is 3. The van der Waals surface area contributed by atoms with Crippen molar-refractivity contribution in [1.29, 1.82) is 0 Å². The number of pyridine rings is 1. The van der Waals surface area contributed by atoms with Crippen LogP contribution in [0.3, 0.4) is 0 Å². The molecule has 0 atom stereocenters. The molecule has 0 bridgehead atoms. The second-order valence-corrected chi connectivity index (χ2v) is 2.73. The Balaban J connectivity index is 3.24. The first-order valence-corrected chi connectivity index (χ1v) is 4.04. The Kier molecular flexibility index (Phi) is 3.46. The average Bonchev–Trinajstić information content (AvgIpc) is 2.16. The van der Waals surface area contributed by atoms with Crippen molar-refractivity contribution >= 4 is 11.6 Å².